The molecular formula is C17H26O. The Bertz CT molecular complexity index is 395. The maximum absolute atomic E-state index is 11.5. The van der Waals surface area contributed by atoms with Crippen LogP contribution in [0.15, 0.2) is 12.1 Å². The normalized spacial score (nSPS) is 12.5. The topological polar surface area (TPSA) is 17.1 Å². The van der Waals surface area contributed by atoms with E-state index in [0.29, 0.717) is 18.1 Å². The van der Waals surface area contributed by atoms with Gasteiger partial charge in [-0.3, -0.25) is 4.79 Å². The third kappa shape index (κ3) is 3.69. The first kappa shape index (κ1) is 14.9. The van der Waals surface area contributed by atoms with E-state index in [2.05, 4.69) is 39.8 Å². The van der Waals surface area contributed by atoms with Gasteiger partial charge in [0.05, 0.1) is 0 Å². The van der Waals surface area contributed by atoms with Gasteiger partial charge in [0.2, 0.25) is 0 Å². The average molecular weight is 246 g/mol. The van der Waals surface area contributed by atoms with Gasteiger partial charge in [-0.2, -0.15) is 0 Å². The summed E-state index contributed by atoms with van der Waals surface area (Å²) in [4.78, 5) is 11.5. The molecule has 0 amide bonds. The first-order valence-corrected chi connectivity index (χ1v) is 7.09. The summed E-state index contributed by atoms with van der Waals surface area (Å²) < 4.78 is 0. The van der Waals surface area contributed by atoms with Gasteiger partial charge in [-0.15, -0.1) is 0 Å². The first-order chi connectivity index (χ1) is 8.49. The summed E-state index contributed by atoms with van der Waals surface area (Å²) >= 11 is 0. The van der Waals surface area contributed by atoms with Crippen molar-refractivity contribution in [3.63, 3.8) is 0 Å². The van der Waals surface area contributed by atoms with Crippen LogP contribution in [0.25, 0.3) is 0 Å². The number of carbonyl (C=O) groups is 1. The van der Waals surface area contributed by atoms with Crippen LogP contribution >= 0.6 is 0 Å². The summed E-state index contributed by atoms with van der Waals surface area (Å²) in [6, 6.07) is 4.51. The summed E-state index contributed by atoms with van der Waals surface area (Å²) in [5.74, 6) is 0.914. The van der Waals surface area contributed by atoms with E-state index in [1.54, 1.807) is 0 Å². The Balaban J connectivity index is 2.91. The molecule has 18 heavy (non-hydrogen) atoms. The zero-order valence-electron chi connectivity index (χ0n) is 12.5. The Kier molecular flexibility index (Phi) is 5.58. The molecule has 1 unspecified atom stereocenters. The van der Waals surface area contributed by atoms with Gasteiger partial charge in [-0.1, -0.05) is 31.5 Å². The first-order valence-electron chi connectivity index (χ1n) is 7.09. The van der Waals surface area contributed by atoms with Crippen LogP contribution in [0.3, 0.4) is 0 Å². The number of aryl methyl sites for hydroxylation is 3. The number of carbonyl (C=O) groups excluding carboxylic acids is 1. The van der Waals surface area contributed by atoms with Gasteiger partial charge in [0.15, 0.2) is 0 Å². The predicted octanol–water partition coefficient (Wildman–Crippen LogP) is 4.86. The highest BCUT2D eigenvalue weighted by atomic mass is 16.1. The molecule has 1 rings (SSSR count). The molecule has 1 heteroatoms. The Morgan fingerprint density at radius 3 is 2.11 bits per heavy atom. The number of rotatable bonds is 6. The van der Waals surface area contributed by atoms with Crippen molar-refractivity contribution >= 4 is 5.78 Å². The summed E-state index contributed by atoms with van der Waals surface area (Å²) in [6.45, 7) is 10.7. The third-order valence-corrected chi connectivity index (χ3v) is 3.81. The highest BCUT2D eigenvalue weighted by molar-refractivity contribution is 5.78. The van der Waals surface area contributed by atoms with E-state index >= 15 is 0 Å². The lowest BCUT2D eigenvalue weighted by Gasteiger charge is -2.20. The van der Waals surface area contributed by atoms with Crippen molar-refractivity contribution < 1.29 is 4.79 Å². The van der Waals surface area contributed by atoms with Gasteiger partial charge in [0, 0.05) is 12.8 Å². The molecule has 0 fully saturated rings. The molecule has 0 aliphatic heterocycles. The van der Waals surface area contributed by atoms with Crippen molar-refractivity contribution in [2.45, 2.75) is 66.2 Å². The van der Waals surface area contributed by atoms with Crippen LogP contribution in [-0.4, -0.2) is 5.78 Å². The van der Waals surface area contributed by atoms with Crippen molar-refractivity contribution in [1.29, 1.82) is 0 Å². The largest absolute Gasteiger partial charge is 0.300 e. The minimum absolute atomic E-state index is 0.385. The standard InChI is InChI=1S/C17H26O/c1-6-15(8-9-16(18)7-2)17-13(4)10-12(3)11-14(17)5/h10-11,15H,6-9H2,1-5H3. The van der Waals surface area contributed by atoms with Crippen molar-refractivity contribution in [2.75, 3.05) is 0 Å². The lowest BCUT2D eigenvalue weighted by Crippen LogP contribution is -2.06. The molecule has 0 aromatic heterocycles. The molecule has 0 heterocycles. The van der Waals surface area contributed by atoms with Crippen LogP contribution in [0.4, 0.5) is 0 Å². The minimum atomic E-state index is 0.385. The fraction of sp³-hybridized carbons (Fsp3) is 0.588. The van der Waals surface area contributed by atoms with Crippen molar-refractivity contribution in [1.82, 2.24) is 0 Å². The molecule has 1 aromatic carbocycles. The minimum Gasteiger partial charge on any atom is -0.300 e. The quantitative estimate of drug-likeness (QED) is 0.700. The maximum atomic E-state index is 11.5. The molecule has 0 aliphatic carbocycles. The van der Waals surface area contributed by atoms with E-state index < -0.39 is 0 Å². The molecule has 0 saturated carbocycles. The number of ketones is 1. The number of benzene rings is 1. The highest BCUT2D eigenvalue weighted by Crippen LogP contribution is 2.31. The van der Waals surface area contributed by atoms with Crippen molar-refractivity contribution in [3.05, 3.63) is 34.4 Å². The average Bonchev–Trinajstić information content (AvgIpc) is 2.31. The maximum Gasteiger partial charge on any atom is 0.132 e. The SMILES string of the molecule is CCC(=O)CCC(CC)c1c(C)cc(C)cc1C. The molecule has 1 aromatic rings. The smallest absolute Gasteiger partial charge is 0.132 e. The van der Waals surface area contributed by atoms with E-state index in [0.717, 1.165) is 19.3 Å². The van der Waals surface area contributed by atoms with E-state index in [1.165, 1.54) is 22.3 Å². The Morgan fingerprint density at radius 1 is 1.11 bits per heavy atom. The molecule has 100 valence electrons. The molecule has 0 radical (unpaired) electrons. The zero-order valence-corrected chi connectivity index (χ0v) is 12.5. The van der Waals surface area contributed by atoms with E-state index in [4.69, 9.17) is 0 Å². The van der Waals surface area contributed by atoms with E-state index in [1.807, 2.05) is 6.92 Å². The summed E-state index contributed by atoms with van der Waals surface area (Å²) in [5.41, 5.74) is 5.55. The van der Waals surface area contributed by atoms with Gasteiger partial charge >= 0.3 is 0 Å². The van der Waals surface area contributed by atoms with Crippen LogP contribution in [-0.2, 0) is 4.79 Å². The lowest BCUT2D eigenvalue weighted by atomic mass is 9.84. The van der Waals surface area contributed by atoms with Crippen LogP contribution in [0.1, 0.15) is 67.7 Å². The molecule has 1 nitrogen and oxygen atoms in total. The second-order valence-electron chi connectivity index (χ2n) is 5.35. The molecule has 0 N–H and O–H groups in total. The molecule has 0 bridgehead atoms. The van der Waals surface area contributed by atoms with Gasteiger partial charge < -0.3 is 0 Å². The number of hydrogen-bond donors (Lipinski definition) is 0. The van der Waals surface area contributed by atoms with E-state index in [9.17, 15) is 4.79 Å². The molecule has 0 aliphatic rings. The second-order valence-corrected chi connectivity index (χ2v) is 5.35. The van der Waals surface area contributed by atoms with Gasteiger partial charge in [-0.05, 0) is 56.2 Å². The summed E-state index contributed by atoms with van der Waals surface area (Å²) in [5, 5.41) is 0. The van der Waals surface area contributed by atoms with E-state index in [-0.39, 0.29) is 0 Å². The van der Waals surface area contributed by atoms with Gasteiger partial charge in [-0.25, -0.2) is 0 Å². The molecule has 0 saturated heterocycles. The lowest BCUT2D eigenvalue weighted by molar-refractivity contribution is -0.118. The van der Waals surface area contributed by atoms with Gasteiger partial charge in [0.1, 0.15) is 5.78 Å². The zero-order chi connectivity index (χ0) is 13.7. The Labute approximate surface area is 112 Å². The predicted molar refractivity (Wildman–Crippen MR) is 78.2 cm³/mol. The fourth-order valence-electron chi connectivity index (χ4n) is 2.90. The summed E-state index contributed by atoms with van der Waals surface area (Å²) in [7, 11) is 0. The molecule has 0 spiro atoms. The highest BCUT2D eigenvalue weighted by Gasteiger charge is 2.15. The van der Waals surface area contributed by atoms with Crippen LogP contribution < -0.4 is 0 Å². The van der Waals surface area contributed by atoms with Crippen molar-refractivity contribution in [3.8, 4) is 0 Å². The molecule has 1 atom stereocenters. The third-order valence-electron chi connectivity index (χ3n) is 3.81. The number of Topliss-reactive ketones (excluding diaryl/α,β-unsaturated/α-hetero) is 1. The van der Waals surface area contributed by atoms with Crippen LogP contribution in [0.2, 0.25) is 0 Å². The number of hydrogen-bond acceptors (Lipinski definition) is 1. The summed E-state index contributed by atoms with van der Waals surface area (Å²) in [6.07, 6.45) is 3.50. The monoisotopic (exact) mass is 246 g/mol. The van der Waals surface area contributed by atoms with Crippen molar-refractivity contribution in [2.24, 2.45) is 0 Å². The second kappa shape index (κ2) is 6.72. The Morgan fingerprint density at radius 2 is 1.67 bits per heavy atom. The van der Waals surface area contributed by atoms with Gasteiger partial charge in [0.25, 0.3) is 0 Å². The van der Waals surface area contributed by atoms with Crippen LogP contribution in [0.5, 0.6) is 0 Å². The van der Waals surface area contributed by atoms with Crippen LogP contribution in [0, 0.1) is 20.8 Å². The fourth-order valence-corrected chi connectivity index (χ4v) is 2.90. The molecular weight excluding hydrogens is 220 g/mol. The Hall–Kier alpha value is -1.11.